The van der Waals surface area contributed by atoms with E-state index in [2.05, 4.69) is 322 Å². The lowest BCUT2D eigenvalue weighted by Gasteiger charge is -2.08. The van der Waals surface area contributed by atoms with Gasteiger partial charge in [0.05, 0.1) is 24.9 Å². The highest BCUT2D eigenvalue weighted by atomic mass is 35.5. The Morgan fingerprint density at radius 2 is 0.649 bits per heavy atom. The summed E-state index contributed by atoms with van der Waals surface area (Å²) in [6.07, 6.45) is 28.6. The highest BCUT2D eigenvalue weighted by Crippen LogP contribution is 2.20. The first-order valence-corrected chi connectivity index (χ1v) is 51.5. The second-order valence-electron chi connectivity index (χ2n) is 36.3. The van der Waals surface area contributed by atoms with Crippen molar-refractivity contribution >= 4 is 23.2 Å². The number of aromatic nitrogens is 6. The Balaban J connectivity index is -0.000000451. The van der Waals surface area contributed by atoms with Crippen molar-refractivity contribution in [3.05, 3.63) is 345 Å². The Bertz CT molecular complexity index is 3830. The van der Waals surface area contributed by atoms with Crippen LogP contribution in [0.2, 0.25) is 10.2 Å². The van der Waals surface area contributed by atoms with E-state index in [9.17, 15) is 8.78 Å². The lowest BCUT2D eigenvalue weighted by molar-refractivity contribution is 0.298. The van der Waals surface area contributed by atoms with E-state index < -0.39 is 5.95 Å². The van der Waals surface area contributed by atoms with Crippen LogP contribution in [0, 0.1) is 83.8 Å². The predicted octanol–water partition coefficient (Wildman–Crippen LogP) is 37.3. The van der Waals surface area contributed by atoms with Crippen molar-refractivity contribution in [2.45, 2.75) is 331 Å². The summed E-state index contributed by atoms with van der Waals surface area (Å²) in [5.74, 6) is 8.97. The van der Waals surface area contributed by atoms with Crippen molar-refractivity contribution in [1.29, 1.82) is 0 Å². The van der Waals surface area contributed by atoms with Crippen LogP contribution in [0.5, 0.6) is 11.6 Å². The van der Waals surface area contributed by atoms with Crippen LogP contribution < -0.4 is 9.47 Å². The molecule has 0 radical (unpaired) electrons. The van der Waals surface area contributed by atoms with Crippen LogP contribution in [0.4, 0.5) is 8.78 Å². The number of hydrogen-bond acceptors (Lipinski definition) is 8. The molecule has 0 saturated carbocycles. The topological polar surface area (TPSA) is 95.8 Å². The Morgan fingerprint density at radius 3 is 0.963 bits per heavy atom. The minimum Gasteiger partial charge on any atom is -0.494 e. The van der Waals surface area contributed by atoms with Gasteiger partial charge in [-0.05, 0) is 280 Å². The van der Waals surface area contributed by atoms with Crippen molar-refractivity contribution in [3.63, 3.8) is 0 Å². The van der Waals surface area contributed by atoms with Gasteiger partial charge in [-0.15, -0.1) is 0 Å². The molecule has 0 saturated heterocycles. The maximum Gasteiger partial charge on any atom is 0.216 e. The van der Waals surface area contributed by atoms with E-state index in [4.69, 9.17) is 32.7 Å². The van der Waals surface area contributed by atoms with Crippen molar-refractivity contribution in [2.75, 3.05) is 13.7 Å². The molecule has 12 heteroatoms. The molecule has 6 heterocycles. The monoisotopic (exact) mass is 1880 g/mol. The zero-order valence-corrected chi connectivity index (χ0v) is 92.2. The molecule has 134 heavy (non-hydrogen) atoms. The molecule has 0 bridgehead atoms. The molecule has 0 aliphatic carbocycles. The molecule has 0 fully saturated rings. The van der Waals surface area contributed by atoms with Crippen molar-refractivity contribution in [2.24, 2.45) is 65.1 Å². The van der Waals surface area contributed by atoms with E-state index in [0.717, 1.165) is 121 Å². The first-order chi connectivity index (χ1) is 64.1. The smallest absolute Gasteiger partial charge is 0.216 e. The van der Waals surface area contributed by atoms with Crippen molar-refractivity contribution in [1.82, 2.24) is 29.9 Å². The molecule has 8 nitrogen and oxygen atoms in total. The number of hydrogen-bond donors (Lipinski definition) is 0. The number of nitrogens with zero attached hydrogens (tertiary/aromatic N) is 6. The molecule has 0 atom stereocenters. The SMILES string of the molecule is CC.CC.CC.CC.CC.CC(C)CCCOc1ccccc1.CC(C)CCc1ccccc1.CC(C)CCc1ccccc1.CC(C)CCc1ccccc1.CC(C)CCc1ccccc1.CC(C)Cc1ccc(Cl)cn1.CC(C)Cc1ccc(F)cn1.CC(C)Cc1ccc(F)nc1.CC(C)Cc1ccnc(Cl)c1.COc1ncccc1CC(C)C.Cc1ccc(CC(C)C)cn1. The molecule has 0 amide bonds. The fourth-order valence-electron chi connectivity index (χ4n) is 11.8. The van der Waals surface area contributed by atoms with E-state index >= 15 is 0 Å². The fraction of sp³-hybridized carbons (Fsp3) is 0.508. The van der Waals surface area contributed by atoms with Gasteiger partial charge in [-0.3, -0.25) is 15.0 Å². The maximum absolute atomic E-state index is 12.4. The highest BCUT2D eigenvalue weighted by Gasteiger charge is 2.07. The van der Waals surface area contributed by atoms with Crippen molar-refractivity contribution in [3.8, 4) is 11.6 Å². The predicted molar refractivity (Wildman–Crippen MR) is 589 cm³/mol. The van der Waals surface area contributed by atoms with Gasteiger partial charge in [0.1, 0.15) is 16.7 Å². The molecule has 0 N–H and O–H groups in total. The third-order valence-electron chi connectivity index (χ3n) is 18.3. The zero-order valence-electron chi connectivity index (χ0n) is 90.7. The number of methoxy groups -OCH3 is 1. The molecule has 6 aromatic heterocycles. The number of rotatable bonds is 30. The normalized spacial score (nSPS) is 9.92. The van der Waals surface area contributed by atoms with Gasteiger partial charge in [-0.1, -0.05) is 402 Å². The van der Waals surface area contributed by atoms with Crippen molar-refractivity contribution < 1.29 is 18.3 Å². The summed E-state index contributed by atoms with van der Waals surface area (Å²) in [6, 6.07) is 75.1. The zero-order chi connectivity index (χ0) is 102. The molecule has 0 aliphatic rings. The number of benzene rings is 5. The Kier molecular flexibility index (Phi) is 91.4. The Labute approximate surface area is 832 Å². The summed E-state index contributed by atoms with van der Waals surface area (Å²) in [4.78, 5) is 24.0. The Morgan fingerprint density at radius 1 is 0.291 bits per heavy atom. The van der Waals surface area contributed by atoms with Gasteiger partial charge in [0, 0.05) is 53.6 Å². The second-order valence-corrected chi connectivity index (χ2v) is 37.2. The van der Waals surface area contributed by atoms with Crippen LogP contribution >= 0.6 is 23.2 Å². The van der Waals surface area contributed by atoms with Crippen LogP contribution in [0.15, 0.2) is 262 Å². The first-order valence-electron chi connectivity index (χ1n) is 50.7. The minimum absolute atomic E-state index is 0.266. The summed E-state index contributed by atoms with van der Waals surface area (Å²) in [5.41, 5.74) is 13.9. The molecule has 5 aromatic carbocycles. The number of para-hydroxylation sites is 1. The molecular weight excluding hydrogens is 1690 g/mol. The van der Waals surface area contributed by atoms with Crippen LogP contribution in [0.3, 0.4) is 0 Å². The van der Waals surface area contributed by atoms with E-state index in [0.29, 0.717) is 39.8 Å². The fourth-order valence-corrected chi connectivity index (χ4v) is 12.1. The van der Waals surface area contributed by atoms with E-state index in [1.54, 1.807) is 44.0 Å². The summed E-state index contributed by atoms with van der Waals surface area (Å²) in [5, 5.41) is 1.29. The van der Waals surface area contributed by atoms with Gasteiger partial charge in [0.15, 0.2) is 0 Å². The first kappa shape index (κ1) is 134. The third kappa shape index (κ3) is 87.1. The van der Waals surface area contributed by atoms with Crippen LogP contribution in [-0.4, -0.2) is 43.6 Å². The molecular formula is C122H190Cl2F2N6O2. The minimum atomic E-state index is -0.405. The third-order valence-corrected chi connectivity index (χ3v) is 18.7. The number of ether oxygens (including phenoxy) is 2. The number of pyridine rings is 6. The molecule has 11 aromatic rings. The molecule has 0 unspecified atom stereocenters. The van der Waals surface area contributed by atoms with Gasteiger partial charge in [-0.25, -0.2) is 19.3 Å². The van der Waals surface area contributed by atoms with Crippen LogP contribution in [-0.2, 0) is 64.2 Å². The van der Waals surface area contributed by atoms with Gasteiger partial charge in [0.2, 0.25) is 11.8 Å². The molecule has 0 aliphatic heterocycles. The molecule has 748 valence electrons. The van der Waals surface area contributed by atoms with E-state index in [1.807, 2.05) is 143 Å². The average molecular weight is 1880 g/mol. The second kappa shape index (κ2) is 91.8. The van der Waals surface area contributed by atoms with Crippen LogP contribution in [0.25, 0.3) is 0 Å². The summed E-state index contributed by atoms with van der Waals surface area (Å²) in [7, 11) is 1.66. The quantitative estimate of drug-likeness (QED) is 0.0325. The number of aryl methyl sites for hydroxylation is 5. The van der Waals surface area contributed by atoms with E-state index in [1.165, 1.54) is 115 Å². The lowest BCUT2D eigenvalue weighted by Crippen LogP contribution is -1.99. The maximum atomic E-state index is 12.4. The standard InChI is InChI=1S/C12H18O.4C11H16.C10H15NO.C10H15N.2C9H12ClN.2C9H12FN.5C2H6/c1-11(2)7-6-10-13-12-8-4-3-5-9-12;4*1-10(2)8-9-11-6-4-3-5-7-11;1-8(2)7-9-5-4-6-11-10(9)12-3;1-8(2)6-10-5-4-9(3)11-7-10;1-7(2)5-9-4-3-8(10)6-11-9;1-7(2)5-8-3-4-11-9(10)6-8;1-7(2)5-9-4-3-8(10)6-11-9;1-7(2)5-8-3-4-9(10)11-6-8;5*1-2/h3-5,8-9,11H,6-7,10H2,1-2H3;4*3-7,10H,8-9H2,1-2H3;4-6,8H,7H2,1-3H3;4-5,7-8H,6H2,1-3H3;4*3-4,6-7H,5H2,1-2H3;5*1-2H3. The van der Waals surface area contributed by atoms with Gasteiger partial charge < -0.3 is 9.47 Å². The molecule has 11 rings (SSSR count). The summed E-state index contributed by atoms with van der Waals surface area (Å²) >= 11 is 11.4. The number of halogens is 4. The van der Waals surface area contributed by atoms with Gasteiger partial charge in [-0.2, -0.15) is 4.39 Å². The summed E-state index contributed by atoms with van der Waals surface area (Å²) in [6.45, 7) is 71.5. The summed E-state index contributed by atoms with van der Waals surface area (Å²) < 4.78 is 35.4. The Hall–Kier alpha value is -8.96. The average Bonchev–Trinajstić information content (AvgIpc) is 0.890. The van der Waals surface area contributed by atoms with Crippen LogP contribution in [0.1, 0.15) is 322 Å². The molecule has 0 spiro atoms. The lowest BCUT2D eigenvalue weighted by atomic mass is 10.0. The van der Waals surface area contributed by atoms with E-state index in [-0.39, 0.29) is 5.82 Å². The van der Waals surface area contributed by atoms with Gasteiger partial charge in [0.25, 0.3) is 0 Å². The highest BCUT2D eigenvalue weighted by molar-refractivity contribution is 6.30. The largest absolute Gasteiger partial charge is 0.494 e. The van der Waals surface area contributed by atoms with Gasteiger partial charge >= 0.3 is 0 Å².